The zero-order valence-electron chi connectivity index (χ0n) is 42.7. The lowest BCUT2D eigenvalue weighted by Gasteiger charge is -2.30. The van der Waals surface area contributed by atoms with Gasteiger partial charge in [0.2, 0.25) is 34.7 Å². The molecule has 81 heavy (non-hydrogen) atoms. The molecule has 6 aliphatic rings. The standard InChI is InChI=1S/C11H13FN4O4.C11H15N5O5.C11H14N4O5.C10H13N5O5/c1-6-2-3-16(7(18)4-6)10-8(12)9(19)11(5-17,20-10)14-15-13;1-6-3-4-16(9(19)13-6)8-10(2,20)7(18)11(5-17,21-8)14-15-12;1-6-2-3-15(7(17)4-6)10-8(18)9(19)11(5-16,20-10)13-14-12;1-5-2-3-15(9(19)12-5)8-6(17)7(18)10(4-16,20-8)13-14-11/h2-3,8-10,17,19H,1,4-5H2;3-4,7-8,17-18,20H,5H2,1-2H3;2-3,8-10,16,18-19H,1,4-5H2;2-3,6-8,16-18H,4H2,1H3/t8-,9-,10+,11+;7-,8+,10+,11+;8-,9-,10-,11-;6-,7-,8-,10-/m0011/s1. The smallest absolute Gasteiger partial charge is 0.349 e. The van der Waals surface area contributed by atoms with Crippen molar-refractivity contribution in [1.82, 2.24) is 28.9 Å². The maximum atomic E-state index is 14.1. The molecule has 2 aromatic rings. The van der Waals surface area contributed by atoms with Gasteiger partial charge in [0.25, 0.3) is 0 Å². The van der Waals surface area contributed by atoms with Crippen molar-refractivity contribution in [2.45, 2.75) is 130 Å². The minimum atomic E-state index is -2.14. The van der Waals surface area contributed by atoms with E-state index >= 15 is 0 Å². The van der Waals surface area contributed by atoms with Crippen molar-refractivity contribution in [3.8, 4) is 0 Å². The molecule has 4 saturated heterocycles. The minimum Gasteiger partial charge on any atom is -0.393 e. The predicted molar refractivity (Wildman–Crippen MR) is 263 cm³/mol. The van der Waals surface area contributed by atoms with Gasteiger partial charge in [-0.25, -0.2) is 14.0 Å². The third-order valence-corrected chi connectivity index (χ3v) is 13.0. The first-order valence-corrected chi connectivity index (χ1v) is 23.4. The number of nitrogens with zero attached hydrogens (tertiary/aromatic N) is 18. The highest BCUT2D eigenvalue weighted by atomic mass is 19.1. The van der Waals surface area contributed by atoms with Gasteiger partial charge in [-0.2, -0.15) is 9.97 Å². The van der Waals surface area contributed by atoms with Crippen LogP contribution in [0.2, 0.25) is 0 Å². The molecule has 0 aliphatic carbocycles. The van der Waals surface area contributed by atoms with Crippen LogP contribution in [0.3, 0.4) is 0 Å². The summed E-state index contributed by atoms with van der Waals surface area (Å²) >= 11 is 0. The lowest BCUT2D eigenvalue weighted by molar-refractivity contribution is -0.158. The van der Waals surface area contributed by atoms with E-state index in [-0.39, 0.29) is 18.7 Å². The number of carbonyl (C=O) groups is 2. The molecule has 6 aliphatic heterocycles. The second kappa shape index (κ2) is 25.8. The van der Waals surface area contributed by atoms with Crippen molar-refractivity contribution in [3.63, 3.8) is 0 Å². The SMILES string of the molecule is C=C1C=CN([C@@H]2O[C@@](CO)(N=[N+]=[N-])[C@@H](O)[C@@H]2F)C(=O)C1.C=C1C=CN([C@@H]2O[C@@](CO)(N=[N+]=[N-])[C@H](O)[C@H]2O)C(=O)C1.Cc1ccn([C@@H]2O[C@@](CO)(N=[N+]=[N-])[C@@H](O)[C@@]2(C)O)c(=O)n1.Cc1ccn([C@@H]2O[C@@](CO)(N=[N+]=[N-])[C@H](O)[C@H]2O)c(=O)n1. The number of allylic oxidation sites excluding steroid dienone is 2. The van der Waals surface area contributed by atoms with Crippen LogP contribution in [-0.2, 0) is 28.5 Å². The molecule has 11 N–H and O–H groups in total. The summed E-state index contributed by atoms with van der Waals surface area (Å²) in [7, 11) is 0. The maximum Gasteiger partial charge on any atom is 0.349 e. The summed E-state index contributed by atoms with van der Waals surface area (Å²) in [6.45, 7) is 8.24. The molecular weight excluding hydrogens is 1090 g/mol. The number of aliphatic hydroxyl groups is 11. The summed E-state index contributed by atoms with van der Waals surface area (Å²) < 4.78 is 37.0. The fraction of sp³-hybridized carbons (Fsp3) is 0.581. The van der Waals surface area contributed by atoms with Crippen LogP contribution in [0.25, 0.3) is 41.8 Å². The maximum absolute atomic E-state index is 14.1. The number of amides is 2. The van der Waals surface area contributed by atoms with Crippen LogP contribution in [0.1, 0.15) is 43.6 Å². The Balaban J connectivity index is 0.000000198. The highest BCUT2D eigenvalue weighted by Gasteiger charge is 2.62. The molecule has 2 amide bonds. The fourth-order valence-electron chi connectivity index (χ4n) is 8.57. The molecule has 4 fully saturated rings. The first-order valence-electron chi connectivity index (χ1n) is 23.4. The van der Waals surface area contributed by atoms with Crippen LogP contribution in [0.5, 0.6) is 0 Å². The molecule has 8 rings (SSSR count). The molecule has 0 spiro atoms. The van der Waals surface area contributed by atoms with Crippen LogP contribution in [-0.4, -0.2) is 207 Å². The van der Waals surface area contributed by atoms with Crippen molar-refractivity contribution >= 4 is 11.8 Å². The third-order valence-electron chi connectivity index (χ3n) is 13.0. The molecule has 0 saturated carbocycles. The summed E-state index contributed by atoms with van der Waals surface area (Å²) in [5, 5.41) is 120. The molecule has 0 unspecified atom stereocenters. The monoisotopic (exact) mass is 1150 g/mol. The summed E-state index contributed by atoms with van der Waals surface area (Å²) in [6.07, 6.45) is -9.03. The number of rotatable bonds is 12. The Labute approximate surface area is 453 Å². The number of halogens is 1. The fourth-order valence-corrected chi connectivity index (χ4v) is 8.57. The molecule has 16 atom stereocenters. The Hall–Kier alpha value is -7.77. The Bertz CT molecular complexity index is 3020. The van der Waals surface area contributed by atoms with Gasteiger partial charge >= 0.3 is 11.4 Å². The van der Waals surface area contributed by atoms with Crippen molar-refractivity contribution in [2.24, 2.45) is 20.5 Å². The predicted octanol–water partition coefficient (Wildman–Crippen LogP) is -2.30. The van der Waals surface area contributed by atoms with E-state index in [1.165, 1.54) is 49.9 Å². The normalized spacial score (nSPS) is 35.7. The Morgan fingerprint density at radius 1 is 0.617 bits per heavy atom. The van der Waals surface area contributed by atoms with Crippen molar-refractivity contribution < 1.29 is 89.1 Å². The number of alkyl halides is 1. The molecule has 438 valence electrons. The Morgan fingerprint density at radius 2 is 0.988 bits per heavy atom. The first kappa shape index (κ1) is 64.1. The van der Waals surface area contributed by atoms with Crippen LogP contribution < -0.4 is 11.4 Å². The van der Waals surface area contributed by atoms with E-state index in [2.05, 4.69) is 63.2 Å². The van der Waals surface area contributed by atoms with E-state index in [9.17, 15) is 79.7 Å². The Kier molecular flexibility index (Phi) is 20.4. The second-order valence-corrected chi connectivity index (χ2v) is 18.6. The molecule has 8 heterocycles. The molecular formula is C43H55FN18O19. The van der Waals surface area contributed by atoms with E-state index in [4.69, 9.17) is 41.1 Å². The second-order valence-electron chi connectivity index (χ2n) is 18.6. The zero-order valence-corrected chi connectivity index (χ0v) is 42.7. The molecule has 0 radical (unpaired) electrons. The van der Waals surface area contributed by atoms with Crippen LogP contribution in [0, 0.1) is 13.8 Å². The first-order chi connectivity index (χ1) is 38.1. The largest absolute Gasteiger partial charge is 0.393 e. The number of aryl methyl sites for hydroxylation is 2. The summed E-state index contributed by atoms with van der Waals surface area (Å²) in [5.74, 6) is -0.851. The summed E-state index contributed by atoms with van der Waals surface area (Å²) in [5.41, 5.74) is 24.4. The van der Waals surface area contributed by atoms with Gasteiger partial charge in [0, 0.05) is 55.8 Å². The molecule has 37 nitrogen and oxygen atoms in total. The average Bonchev–Trinajstić information content (AvgIpc) is 4.09. The van der Waals surface area contributed by atoms with Gasteiger partial charge in [-0.05, 0) is 78.3 Å². The highest BCUT2D eigenvalue weighted by molar-refractivity contribution is 5.82. The van der Waals surface area contributed by atoms with Gasteiger partial charge in [-0.1, -0.05) is 33.6 Å². The average molecular weight is 1150 g/mol. The molecule has 2 aromatic heterocycles. The number of azide groups is 4. The van der Waals surface area contributed by atoms with E-state index < -0.39 is 140 Å². The number of aliphatic hydroxyl groups excluding tert-OH is 10. The van der Waals surface area contributed by atoms with Gasteiger partial charge in [-0.3, -0.25) is 28.5 Å². The van der Waals surface area contributed by atoms with Gasteiger partial charge in [-0.15, -0.1) is 0 Å². The highest BCUT2D eigenvalue weighted by Crippen LogP contribution is 2.45. The lowest BCUT2D eigenvalue weighted by atomic mass is 9.93. The van der Waals surface area contributed by atoms with Crippen molar-refractivity contribution in [2.75, 3.05) is 26.4 Å². The van der Waals surface area contributed by atoms with E-state index in [1.807, 2.05) is 0 Å². The minimum absolute atomic E-state index is 0.00712. The van der Waals surface area contributed by atoms with E-state index in [0.29, 0.717) is 22.5 Å². The lowest BCUT2D eigenvalue weighted by Crippen LogP contribution is -2.50. The van der Waals surface area contributed by atoms with Crippen LogP contribution in [0.15, 0.2) is 103 Å². The molecule has 38 heteroatoms. The number of aromatic nitrogens is 4. The van der Waals surface area contributed by atoms with Gasteiger partial charge < -0.3 is 75.1 Å². The zero-order chi connectivity index (χ0) is 60.6. The van der Waals surface area contributed by atoms with Crippen molar-refractivity contribution in [3.05, 3.63) is 148 Å². The van der Waals surface area contributed by atoms with E-state index in [1.54, 1.807) is 19.9 Å². The topological polar surface area (TPSA) is 565 Å². The third kappa shape index (κ3) is 12.6. The quantitative estimate of drug-likeness (QED) is 0.0605. The van der Waals surface area contributed by atoms with Crippen molar-refractivity contribution in [1.29, 1.82) is 0 Å². The van der Waals surface area contributed by atoms with Gasteiger partial charge in [0.05, 0.1) is 39.3 Å². The number of hydrogen-bond acceptors (Lipinski definition) is 25. The summed E-state index contributed by atoms with van der Waals surface area (Å²) in [4.78, 5) is 66.6. The number of hydrogen-bond donors (Lipinski definition) is 11. The van der Waals surface area contributed by atoms with Crippen LogP contribution in [0.4, 0.5) is 4.39 Å². The number of carbonyl (C=O) groups excluding carboxylic acids is 2. The van der Waals surface area contributed by atoms with Crippen LogP contribution >= 0.6 is 0 Å². The van der Waals surface area contributed by atoms with Gasteiger partial charge in [0.15, 0.2) is 31.1 Å². The molecule has 0 aromatic carbocycles. The number of ether oxygens (including phenoxy) is 4. The van der Waals surface area contributed by atoms with E-state index in [0.717, 1.165) is 18.9 Å². The van der Waals surface area contributed by atoms with Gasteiger partial charge in [0.1, 0.15) is 42.2 Å². The molecule has 0 bridgehead atoms. The Morgan fingerprint density at radius 3 is 1.40 bits per heavy atom. The summed E-state index contributed by atoms with van der Waals surface area (Å²) in [6, 6.07) is 3.02.